The lowest BCUT2D eigenvalue weighted by molar-refractivity contribution is 0.0602. The Bertz CT molecular complexity index is 736. The molecule has 2 N–H and O–H groups in total. The van der Waals surface area contributed by atoms with Crippen molar-refractivity contribution < 1.29 is 17.9 Å². The van der Waals surface area contributed by atoms with Gasteiger partial charge in [-0.15, -0.1) is 11.3 Å². The highest BCUT2D eigenvalue weighted by Crippen LogP contribution is 2.28. The first-order chi connectivity index (χ1) is 9.86. The molecule has 0 aliphatic rings. The zero-order valence-corrected chi connectivity index (χ0v) is 13.2. The second kappa shape index (κ2) is 5.92. The van der Waals surface area contributed by atoms with Gasteiger partial charge in [-0.05, 0) is 24.8 Å². The number of carbonyl (C=O) groups is 1. The van der Waals surface area contributed by atoms with E-state index in [-0.39, 0.29) is 9.77 Å². The lowest BCUT2D eigenvalue weighted by Crippen LogP contribution is -2.29. The van der Waals surface area contributed by atoms with E-state index in [2.05, 4.69) is 24.6 Å². The summed E-state index contributed by atoms with van der Waals surface area (Å²) >= 11 is 1.03. The van der Waals surface area contributed by atoms with Gasteiger partial charge in [0.1, 0.15) is 21.9 Å². The highest BCUT2D eigenvalue weighted by atomic mass is 32.2. The van der Waals surface area contributed by atoms with Crippen LogP contribution in [0.4, 0.5) is 0 Å². The summed E-state index contributed by atoms with van der Waals surface area (Å²) in [6, 6.07) is -0.609. The molecule has 0 spiro atoms. The molecule has 8 nitrogen and oxygen atoms in total. The lowest BCUT2D eigenvalue weighted by atomic mass is 10.3. The van der Waals surface area contributed by atoms with Crippen LogP contribution in [-0.2, 0) is 14.8 Å². The SMILES string of the molecule is COC(=O)c1scc(C)c1S(=O)(=O)NC(C)c1ncn[nH]1. The van der Waals surface area contributed by atoms with Crippen molar-refractivity contribution in [2.24, 2.45) is 0 Å². The van der Waals surface area contributed by atoms with Gasteiger partial charge in [-0.25, -0.2) is 22.9 Å². The van der Waals surface area contributed by atoms with Crippen LogP contribution < -0.4 is 4.72 Å². The number of sulfonamides is 1. The number of ether oxygens (including phenoxy) is 1. The number of nitrogens with one attached hydrogen (secondary N) is 2. The second-order valence-corrected chi connectivity index (χ2v) is 6.81. The number of thiophene rings is 1. The van der Waals surface area contributed by atoms with E-state index >= 15 is 0 Å². The van der Waals surface area contributed by atoms with Gasteiger partial charge in [-0.1, -0.05) is 0 Å². The fraction of sp³-hybridized carbons (Fsp3) is 0.364. The van der Waals surface area contributed by atoms with E-state index in [1.165, 1.54) is 13.4 Å². The van der Waals surface area contributed by atoms with Crippen LogP contribution in [0.2, 0.25) is 0 Å². The molecule has 2 aromatic heterocycles. The van der Waals surface area contributed by atoms with E-state index in [1.54, 1.807) is 19.2 Å². The molecule has 0 bridgehead atoms. The average molecular weight is 330 g/mol. The average Bonchev–Trinajstić information content (AvgIpc) is 3.06. The summed E-state index contributed by atoms with van der Waals surface area (Å²) in [5.74, 6) is -0.299. The molecule has 2 heterocycles. The number of aryl methyl sites for hydroxylation is 1. The molecule has 114 valence electrons. The molecule has 0 amide bonds. The normalized spacial score (nSPS) is 13.1. The monoisotopic (exact) mass is 330 g/mol. The van der Waals surface area contributed by atoms with Crippen molar-refractivity contribution in [3.63, 3.8) is 0 Å². The number of nitrogens with zero attached hydrogens (tertiary/aromatic N) is 2. The van der Waals surface area contributed by atoms with E-state index in [4.69, 9.17) is 0 Å². The topological polar surface area (TPSA) is 114 Å². The van der Waals surface area contributed by atoms with E-state index in [1.807, 2.05) is 0 Å². The summed E-state index contributed by atoms with van der Waals surface area (Å²) < 4.78 is 32.0. The molecule has 0 saturated carbocycles. The van der Waals surface area contributed by atoms with Crippen LogP contribution in [0.5, 0.6) is 0 Å². The molecule has 10 heteroatoms. The summed E-state index contributed by atoms with van der Waals surface area (Å²) in [5.41, 5.74) is 0.484. The smallest absolute Gasteiger partial charge is 0.349 e. The number of rotatable bonds is 5. The number of carbonyl (C=O) groups excluding carboxylic acids is 1. The van der Waals surface area contributed by atoms with Gasteiger partial charge < -0.3 is 4.74 Å². The molecule has 0 saturated heterocycles. The van der Waals surface area contributed by atoms with Gasteiger partial charge in [0, 0.05) is 0 Å². The third kappa shape index (κ3) is 3.12. The number of hydrogen-bond acceptors (Lipinski definition) is 7. The maximum absolute atomic E-state index is 12.5. The zero-order chi connectivity index (χ0) is 15.6. The Kier molecular flexibility index (Phi) is 4.40. The Labute approximate surface area is 125 Å². The standard InChI is InChI=1S/C11H14N4O4S2/c1-6-4-20-8(11(16)19-3)9(6)21(17,18)15-7(2)10-12-5-13-14-10/h4-5,7,15H,1-3H3,(H,12,13,14). The first-order valence-electron chi connectivity index (χ1n) is 5.90. The fourth-order valence-corrected chi connectivity index (χ4v) is 4.69. The minimum Gasteiger partial charge on any atom is -0.465 e. The highest BCUT2D eigenvalue weighted by molar-refractivity contribution is 7.89. The van der Waals surface area contributed by atoms with Crippen LogP contribution in [0.25, 0.3) is 0 Å². The molecule has 1 atom stereocenters. The summed E-state index contributed by atoms with van der Waals surface area (Å²) in [7, 11) is -2.68. The van der Waals surface area contributed by atoms with Gasteiger partial charge in [0.05, 0.1) is 13.2 Å². The van der Waals surface area contributed by atoms with Crippen molar-refractivity contribution in [3.05, 3.63) is 28.0 Å². The van der Waals surface area contributed by atoms with Crippen molar-refractivity contribution in [3.8, 4) is 0 Å². The number of aromatic amines is 1. The Morgan fingerprint density at radius 2 is 2.24 bits per heavy atom. The number of esters is 1. The quantitative estimate of drug-likeness (QED) is 0.791. The molecule has 2 aromatic rings. The number of H-pyrrole nitrogens is 1. The summed E-state index contributed by atoms with van der Waals surface area (Å²) in [6.07, 6.45) is 1.29. The van der Waals surface area contributed by atoms with Crippen molar-refractivity contribution >= 4 is 27.3 Å². The predicted octanol–water partition coefficient (Wildman–Crippen LogP) is 1.00. The van der Waals surface area contributed by atoms with Gasteiger partial charge in [0.25, 0.3) is 0 Å². The van der Waals surface area contributed by atoms with Crippen molar-refractivity contribution in [2.45, 2.75) is 24.8 Å². The molecular formula is C11H14N4O4S2. The number of hydrogen-bond donors (Lipinski definition) is 2. The summed E-state index contributed by atoms with van der Waals surface area (Å²) in [5, 5.41) is 7.86. The molecule has 0 aliphatic carbocycles. The number of methoxy groups -OCH3 is 1. The minimum absolute atomic E-state index is 0.0484. The van der Waals surface area contributed by atoms with Gasteiger partial charge >= 0.3 is 5.97 Å². The Morgan fingerprint density at radius 1 is 1.52 bits per heavy atom. The fourth-order valence-electron chi connectivity index (χ4n) is 1.77. The van der Waals surface area contributed by atoms with Crippen LogP contribution in [0.3, 0.4) is 0 Å². The summed E-state index contributed by atoms with van der Waals surface area (Å²) in [6.45, 7) is 3.24. The highest BCUT2D eigenvalue weighted by Gasteiger charge is 2.29. The molecule has 0 aliphatic heterocycles. The molecule has 0 radical (unpaired) electrons. The maximum Gasteiger partial charge on any atom is 0.349 e. The van der Waals surface area contributed by atoms with E-state index in [0.29, 0.717) is 11.4 Å². The van der Waals surface area contributed by atoms with Gasteiger partial charge in [-0.2, -0.15) is 5.10 Å². The van der Waals surface area contributed by atoms with Crippen molar-refractivity contribution in [1.29, 1.82) is 0 Å². The molecule has 1 unspecified atom stereocenters. The molecule has 2 rings (SSSR count). The Hall–Kier alpha value is -1.78. The Morgan fingerprint density at radius 3 is 2.81 bits per heavy atom. The van der Waals surface area contributed by atoms with Crippen molar-refractivity contribution in [1.82, 2.24) is 19.9 Å². The van der Waals surface area contributed by atoms with E-state index in [9.17, 15) is 13.2 Å². The van der Waals surface area contributed by atoms with Crippen LogP contribution in [0.1, 0.15) is 34.0 Å². The van der Waals surface area contributed by atoms with Crippen molar-refractivity contribution in [2.75, 3.05) is 7.11 Å². The first kappa shape index (κ1) is 15.6. The van der Waals surface area contributed by atoms with E-state index in [0.717, 1.165) is 11.3 Å². The van der Waals surface area contributed by atoms with Crippen LogP contribution in [-0.4, -0.2) is 36.7 Å². The molecule has 21 heavy (non-hydrogen) atoms. The third-order valence-electron chi connectivity index (χ3n) is 2.73. The number of aromatic nitrogens is 3. The van der Waals surface area contributed by atoms with Gasteiger partial charge in [0.2, 0.25) is 10.0 Å². The maximum atomic E-state index is 12.5. The molecule has 0 fully saturated rings. The second-order valence-electron chi connectivity index (χ2n) is 4.28. The van der Waals surface area contributed by atoms with Gasteiger partial charge in [0.15, 0.2) is 0 Å². The predicted molar refractivity (Wildman–Crippen MR) is 75.5 cm³/mol. The zero-order valence-electron chi connectivity index (χ0n) is 11.6. The van der Waals surface area contributed by atoms with E-state index < -0.39 is 22.0 Å². The summed E-state index contributed by atoms with van der Waals surface area (Å²) in [4.78, 5) is 15.6. The van der Waals surface area contributed by atoms with Crippen LogP contribution in [0.15, 0.2) is 16.6 Å². The lowest BCUT2D eigenvalue weighted by Gasteiger charge is -2.12. The Balaban J connectivity index is 2.36. The van der Waals surface area contributed by atoms with Crippen LogP contribution in [0, 0.1) is 6.92 Å². The first-order valence-corrected chi connectivity index (χ1v) is 8.27. The largest absolute Gasteiger partial charge is 0.465 e. The minimum atomic E-state index is -3.89. The molecular weight excluding hydrogens is 316 g/mol. The van der Waals surface area contributed by atoms with Crippen LogP contribution >= 0.6 is 11.3 Å². The molecule has 0 aromatic carbocycles. The van der Waals surface area contributed by atoms with Gasteiger partial charge in [-0.3, -0.25) is 5.10 Å². The third-order valence-corrected chi connectivity index (χ3v) is 5.67.